The molecule has 54 heavy (non-hydrogen) atoms. The van der Waals surface area contributed by atoms with E-state index in [1.165, 1.54) is 9.79 Å². The Morgan fingerprint density at radius 2 is 0.741 bits per heavy atom. The van der Waals surface area contributed by atoms with E-state index in [-0.39, 0.29) is 0 Å². The summed E-state index contributed by atoms with van der Waals surface area (Å²) in [5, 5.41) is 3.90. The molecule has 10 nitrogen and oxygen atoms in total. The quantitative estimate of drug-likeness (QED) is 0.118. The molecule has 0 radical (unpaired) electrons. The van der Waals surface area contributed by atoms with Crippen LogP contribution in [0.5, 0.6) is 0 Å². The number of hydrogen-bond donors (Lipinski definition) is 2. The number of aromatic amines is 2. The van der Waals surface area contributed by atoms with Crippen molar-refractivity contribution in [2.75, 3.05) is 66.9 Å². The molecule has 12 heteroatoms. The Morgan fingerprint density at radius 1 is 0.426 bits per heavy atom. The van der Waals surface area contributed by atoms with Crippen LogP contribution in [-0.2, 0) is 0 Å². The van der Waals surface area contributed by atoms with Crippen LogP contribution in [0.3, 0.4) is 0 Å². The maximum absolute atomic E-state index is 5.28. The fraction of sp³-hybridized carbons (Fsp3) is 0.238. The Hall–Kier alpha value is -5.14. The van der Waals surface area contributed by atoms with Crippen molar-refractivity contribution in [3.63, 3.8) is 0 Å². The Kier molecular flexibility index (Phi) is 8.53. The van der Waals surface area contributed by atoms with Gasteiger partial charge in [-0.2, -0.15) is 0 Å². The number of thioether (sulfide) groups is 2. The standard InChI is InChI=1S/C42H42N10S2/c1-51(2,3)19-21-53-33-23-31-32(24-34(33)54-22-20-52(4,5)6)42-49-40-30-18-12-10-16-28(30)38(47-40)45-36-26-14-8-7-13-25(26)35(43-36)44-37-27-15-9-11-17-29(27)39(46-37)48-41(31)50-42/h7-18,23-24H,19-22H2,1-6H3,(H2,43,44,45,46,47,48,49,50)/q+2. The summed E-state index contributed by atoms with van der Waals surface area (Å²) in [5.41, 5.74) is 6.50. The second-order valence-electron chi connectivity index (χ2n) is 15.8. The van der Waals surface area contributed by atoms with Gasteiger partial charge in [-0.3, -0.25) is 0 Å². The van der Waals surface area contributed by atoms with Gasteiger partial charge < -0.3 is 18.9 Å². The first-order valence-electron chi connectivity index (χ1n) is 18.1. The lowest BCUT2D eigenvalue weighted by Gasteiger charge is -2.24. The molecule has 2 aliphatic rings. The predicted molar refractivity (Wildman–Crippen MR) is 223 cm³/mol. The first-order chi connectivity index (χ1) is 26.0. The van der Waals surface area contributed by atoms with E-state index in [2.05, 4.69) is 101 Å². The van der Waals surface area contributed by atoms with Crippen molar-refractivity contribution >= 4 is 67.7 Å². The summed E-state index contributed by atoms with van der Waals surface area (Å²) in [6, 6.07) is 29.1. The van der Waals surface area contributed by atoms with Gasteiger partial charge in [0.25, 0.3) is 0 Å². The summed E-state index contributed by atoms with van der Waals surface area (Å²) < 4.78 is 1.81. The number of H-pyrrole nitrogens is 2. The molecule has 0 amide bonds. The van der Waals surface area contributed by atoms with Crippen molar-refractivity contribution in [2.24, 2.45) is 0 Å². The van der Waals surface area contributed by atoms with Gasteiger partial charge in [0.05, 0.1) is 55.4 Å². The minimum Gasteiger partial charge on any atom is -0.330 e. The average Bonchev–Trinajstić information content (AvgIpc) is 3.86. The van der Waals surface area contributed by atoms with Crippen molar-refractivity contribution in [2.45, 2.75) is 9.79 Å². The second kappa shape index (κ2) is 13.3. The minimum absolute atomic E-state index is 0.599. The molecular weight excluding hydrogens is 709 g/mol. The number of hydrogen-bond acceptors (Lipinski definition) is 8. The molecule has 0 atom stereocenters. The summed E-state index contributed by atoms with van der Waals surface area (Å²) in [6.45, 7) is 2.10. The Labute approximate surface area is 322 Å². The van der Waals surface area contributed by atoms with Gasteiger partial charge in [-0.15, -0.1) is 23.5 Å². The number of fused-ring (bicyclic) bond motifs is 20. The van der Waals surface area contributed by atoms with Crippen LogP contribution >= 0.6 is 23.5 Å². The van der Waals surface area contributed by atoms with Crippen molar-refractivity contribution in [3.05, 3.63) is 84.9 Å². The van der Waals surface area contributed by atoms with Gasteiger partial charge in [0.2, 0.25) is 0 Å². The van der Waals surface area contributed by atoms with Crippen LogP contribution in [0.2, 0.25) is 0 Å². The van der Waals surface area contributed by atoms with E-state index in [1.54, 1.807) is 0 Å². The van der Waals surface area contributed by atoms with Gasteiger partial charge in [-0.25, -0.2) is 29.9 Å². The first-order valence-corrected chi connectivity index (χ1v) is 20.1. The zero-order chi connectivity index (χ0) is 37.2. The Bertz CT molecular complexity index is 2590. The molecule has 270 valence electrons. The smallest absolute Gasteiger partial charge is 0.164 e. The lowest BCUT2D eigenvalue weighted by Crippen LogP contribution is -2.36. The molecule has 4 aromatic carbocycles. The van der Waals surface area contributed by atoms with E-state index in [4.69, 9.17) is 29.9 Å². The Balaban J connectivity index is 1.36. The van der Waals surface area contributed by atoms with Gasteiger partial charge in [0, 0.05) is 65.1 Å². The maximum atomic E-state index is 5.28. The molecule has 0 saturated heterocycles. The molecule has 5 heterocycles. The zero-order valence-corrected chi connectivity index (χ0v) is 32.9. The fourth-order valence-electron chi connectivity index (χ4n) is 6.73. The predicted octanol–water partition coefficient (Wildman–Crippen LogP) is 8.47. The van der Waals surface area contributed by atoms with Crippen LogP contribution in [0, 0.1) is 0 Å². The van der Waals surface area contributed by atoms with Gasteiger partial charge in [0.1, 0.15) is 22.6 Å². The highest BCUT2D eigenvalue weighted by molar-refractivity contribution is 8.02. The van der Waals surface area contributed by atoms with Crippen molar-refractivity contribution in [1.82, 2.24) is 39.9 Å². The number of nitrogens with one attached hydrogen (secondary N) is 2. The summed E-state index contributed by atoms with van der Waals surface area (Å²) in [5.74, 6) is 4.40. The largest absolute Gasteiger partial charge is 0.330 e. The maximum Gasteiger partial charge on any atom is 0.164 e. The molecule has 0 saturated carbocycles. The molecule has 0 unspecified atom stereocenters. The third kappa shape index (κ3) is 6.64. The normalized spacial score (nSPS) is 12.7. The second-order valence-corrected chi connectivity index (χ2v) is 18.1. The number of benzene rings is 4. The van der Waals surface area contributed by atoms with Gasteiger partial charge in [-0.1, -0.05) is 72.8 Å². The molecular formula is C42H42N10S2+2. The van der Waals surface area contributed by atoms with Crippen molar-refractivity contribution in [1.29, 1.82) is 0 Å². The third-order valence-electron chi connectivity index (χ3n) is 9.66. The zero-order valence-electron chi connectivity index (χ0n) is 31.3. The fourth-order valence-corrected chi connectivity index (χ4v) is 9.61. The van der Waals surface area contributed by atoms with Gasteiger partial charge in [-0.05, 0) is 12.1 Å². The van der Waals surface area contributed by atoms with Gasteiger partial charge >= 0.3 is 0 Å². The van der Waals surface area contributed by atoms with Gasteiger partial charge in [0.15, 0.2) is 23.3 Å². The Morgan fingerprint density at radius 3 is 1.07 bits per heavy atom. The van der Waals surface area contributed by atoms with E-state index in [1.807, 2.05) is 59.9 Å². The van der Waals surface area contributed by atoms with E-state index in [0.29, 0.717) is 45.9 Å². The molecule has 0 spiro atoms. The lowest BCUT2D eigenvalue weighted by molar-refractivity contribution is -0.867. The number of quaternary nitrogens is 2. The van der Waals surface area contributed by atoms with E-state index in [0.717, 1.165) is 77.4 Å². The molecule has 2 aliphatic heterocycles. The molecule has 9 rings (SSSR count). The summed E-state index contributed by atoms with van der Waals surface area (Å²) in [4.78, 5) is 40.6. The molecule has 0 aliphatic carbocycles. The number of nitrogens with zero attached hydrogens (tertiary/aromatic N) is 8. The molecule has 8 bridgehead atoms. The monoisotopic (exact) mass is 750 g/mol. The highest BCUT2D eigenvalue weighted by Gasteiger charge is 2.23. The molecule has 0 fully saturated rings. The van der Waals surface area contributed by atoms with Crippen LogP contribution in [0.4, 0.5) is 0 Å². The van der Waals surface area contributed by atoms with E-state index < -0.39 is 0 Å². The van der Waals surface area contributed by atoms with Crippen LogP contribution < -0.4 is 0 Å². The highest BCUT2D eigenvalue weighted by Crippen LogP contribution is 2.40. The van der Waals surface area contributed by atoms with Crippen LogP contribution in [0.15, 0.2) is 94.7 Å². The lowest BCUT2D eigenvalue weighted by atomic mass is 10.1. The SMILES string of the molecule is C[N+](C)(C)CCSc1cc2c3nc4nc(nc5[nH]c(nc6nc(nc([nH]3)c2cc1SCC[N+](C)(C)C)-c1ccccc1-6)c1ccccc51)-c1ccccc1-4. The number of aromatic nitrogens is 8. The average molecular weight is 751 g/mol. The summed E-state index contributed by atoms with van der Waals surface area (Å²) in [6.07, 6.45) is 0. The van der Waals surface area contributed by atoms with E-state index in [9.17, 15) is 0 Å². The highest BCUT2D eigenvalue weighted by atomic mass is 32.2. The van der Waals surface area contributed by atoms with Crippen molar-refractivity contribution < 1.29 is 8.97 Å². The van der Waals surface area contributed by atoms with E-state index >= 15 is 0 Å². The molecule has 2 N–H and O–H groups in total. The topological polar surface area (TPSA) is 109 Å². The van der Waals surface area contributed by atoms with Crippen molar-refractivity contribution in [3.8, 4) is 45.6 Å². The molecule has 3 aromatic heterocycles. The first kappa shape index (κ1) is 34.6. The summed E-state index contributed by atoms with van der Waals surface area (Å²) >= 11 is 3.82. The minimum atomic E-state index is 0.599. The summed E-state index contributed by atoms with van der Waals surface area (Å²) in [7, 11) is 13.5. The van der Waals surface area contributed by atoms with Crippen LogP contribution in [0.25, 0.3) is 89.7 Å². The van der Waals surface area contributed by atoms with Crippen LogP contribution in [-0.4, -0.2) is 116 Å². The van der Waals surface area contributed by atoms with Crippen LogP contribution in [0.1, 0.15) is 0 Å². The third-order valence-corrected chi connectivity index (χ3v) is 11.9. The number of rotatable bonds is 8. The molecule has 7 aromatic rings.